The number of hydrogen-bond donors (Lipinski definition) is 1. The molecule has 0 aliphatic carbocycles. The second kappa shape index (κ2) is 7.52. The Labute approximate surface area is 167 Å². The van der Waals surface area contributed by atoms with E-state index in [2.05, 4.69) is 12.3 Å². The third-order valence-corrected chi connectivity index (χ3v) is 5.80. The maximum Gasteiger partial charge on any atom is 0.188 e. The molecule has 2 aliphatic rings. The number of halogens is 1. The van der Waals surface area contributed by atoms with Crippen LogP contribution in [0.2, 0.25) is 5.02 Å². The molecule has 0 fully saturated rings. The first-order chi connectivity index (χ1) is 13.1. The molecule has 1 N–H and O–H groups in total. The van der Waals surface area contributed by atoms with E-state index < -0.39 is 0 Å². The Bertz CT molecular complexity index is 890. The number of fused-ring (bicyclic) bond motifs is 3. The first-order valence-electron chi connectivity index (χ1n) is 8.79. The molecule has 0 aromatic heterocycles. The van der Waals surface area contributed by atoms with E-state index in [1.807, 2.05) is 17.1 Å². The molecule has 2 aromatic carbocycles. The highest BCUT2D eigenvalue weighted by Gasteiger charge is 2.41. The van der Waals surface area contributed by atoms with Crippen LogP contribution in [0.3, 0.4) is 0 Å². The summed E-state index contributed by atoms with van der Waals surface area (Å²) in [6, 6.07) is 11.0. The number of thioether (sulfide) groups is 1. The molecule has 0 spiro atoms. The number of phenolic OH excluding ortho intramolecular Hbond substituents is 1. The van der Waals surface area contributed by atoms with Gasteiger partial charge in [-0.15, -0.1) is 0 Å². The van der Waals surface area contributed by atoms with Crippen molar-refractivity contribution < 1.29 is 14.6 Å². The molecule has 7 heteroatoms. The zero-order valence-electron chi connectivity index (χ0n) is 15.2. The van der Waals surface area contributed by atoms with Gasteiger partial charge < -0.3 is 14.6 Å². The second-order valence-electron chi connectivity index (χ2n) is 6.54. The summed E-state index contributed by atoms with van der Waals surface area (Å²) in [5.41, 5.74) is 2.54. The van der Waals surface area contributed by atoms with Crippen LogP contribution in [0, 0.1) is 0 Å². The van der Waals surface area contributed by atoms with E-state index in [0.717, 1.165) is 34.9 Å². The number of para-hydroxylation sites is 1. The summed E-state index contributed by atoms with van der Waals surface area (Å²) in [6.45, 7) is 0. The third-order valence-electron chi connectivity index (χ3n) is 4.92. The normalized spacial score (nSPS) is 20.6. The quantitative estimate of drug-likeness (QED) is 0.784. The number of nitrogens with zero attached hydrogens (tertiary/aromatic N) is 2. The molecule has 0 radical (unpaired) electrons. The first kappa shape index (κ1) is 18.3. The van der Waals surface area contributed by atoms with Crippen LogP contribution in [-0.4, -0.2) is 41.2 Å². The largest absolute Gasteiger partial charge is 0.507 e. The molecule has 2 atom stereocenters. The maximum atomic E-state index is 10.3. The van der Waals surface area contributed by atoms with Gasteiger partial charge in [0.1, 0.15) is 5.75 Å². The van der Waals surface area contributed by atoms with E-state index in [1.165, 1.54) is 0 Å². The van der Waals surface area contributed by atoms with E-state index in [0.29, 0.717) is 17.0 Å². The highest BCUT2D eigenvalue weighted by molar-refractivity contribution is 7.98. The Hall–Kier alpha value is -2.05. The lowest BCUT2D eigenvalue weighted by molar-refractivity contribution is -0.0198. The van der Waals surface area contributed by atoms with Crippen LogP contribution in [0.4, 0.5) is 0 Å². The molecule has 142 valence electrons. The van der Waals surface area contributed by atoms with E-state index in [4.69, 9.17) is 26.2 Å². The van der Waals surface area contributed by atoms with Gasteiger partial charge >= 0.3 is 0 Å². The smallest absolute Gasteiger partial charge is 0.188 e. The molecule has 27 heavy (non-hydrogen) atoms. The number of aromatic hydroxyl groups is 1. The Morgan fingerprint density at radius 1 is 1.37 bits per heavy atom. The minimum absolute atomic E-state index is 0.0455. The average Bonchev–Trinajstić information content (AvgIpc) is 3.13. The minimum Gasteiger partial charge on any atom is -0.507 e. The van der Waals surface area contributed by atoms with Crippen molar-refractivity contribution in [3.05, 3.63) is 52.5 Å². The van der Waals surface area contributed by atoms with Crippen LogP contribution >= 0.6 is 23.4 Å². The SMILES string of the molecule is COc1cccc2c1OC(CCSC)N1N=C(c3cc(Cl)ccc3O)CC21. The van der Waals surface area contributed by atoms with Gasteiger partial charge in [-0.2, -0.15) is 16.9 Å². The number of hydrazone groups is 1. The monoisotopic (exact) mass is 404 g/mol. The fourth-order valence-corrected chi connectivity index (χ4v) is 4.24. The lowest BCUT2D eigenvalue weighted by Crippen LogP contribution is -2.40. The van der Waals surface area contributed by atoms with Crippen LogP contribution < -0.4 is 9.47 Å². The summed E-state index contributed by atoms with van der Waals surface area (Å²) in [5.74, 6) is 2.68. The number of rotatable bonds is 5. The van der Waals surface area contributed by atoms with Crippen molar-refractivity contribution in [1.29, 1.82) is 0 Å². The fraction of sp³-hybridized carbons (Fsp3) is 0.350. The van der Waals surface area contributed by atoms with Gasteiger partial charge in [-0.3, -0.25) is 5.01 Å². The summed E-state index contributed by atoms with van der Waals surface area (Å²) in [6.07, 6.45) is 3.42. The summed E-state index contributed by atoms with van der Waals surface area (Å²) in [7, 11) is 1.66. The van der Waals surface area contributed by atoms with Crippen LogP contribution in [-0.2, 0) is 0 Å². The van der Waals surface area contributed by atoms with Crippen LogP contribution in [0.15, 0.2) is 41.5 Å². The second-order valence-corrected chi connectivity index (χ2v) is 7.96. The predicted octanol–water partition coefficient (Wildman–Crippen LogP) is 4.68. The van der Waals surface area contributed by atoms with Gasteiger partial charge in [0.15, 0.2) is 17.7 Å². The number of hydrogen-bond acceptors (Lipinski definition) is 6. The summed E-state index contributed by atoms with van der Waals surface area (Å²) >= 11 is 7.92. The van der Waals surface area contributed by atoms with E-state index in [9.17, 15) is 5.11 Å². The molecule has 0 saturated heterocycles. The van der Waals surface area contributed by atoms with Crippen molar-refractivity contribution >= 4 is 29.1 Å². The molecular formula is C20H21ClN2O3S. The van der Waals surface area contributed by atoms with Gasteiger partial charge in [0.05, 0.1) is 18.9 Å². The van der Waals surface area contributed by atoms with Gasteiger partial charge in [-0.25, -0.2) is 0 Å². The number of ether oxygens (including phenoxy) is 2. The van der Waals surface area contributed by atoms with Crippen LogP contribution in [0.5, 0.6) is 17.2 Å². The number of benzene rings is 2. The Kier molecular flexibility index (Phi) is 5.10. The molecule has 2 unspecified atom stereocenters. The van der Waals surface area contributed by atoms with E-state index in [1.54, 1.807) is 37.1 Å². The first-order valence-corrected chi connectivity index (χ1v) is 10.6. The van der Waals surface area contributed by atoms with Crippen LogP contribution in [0.25, 0.3) is 0 Å². The van der Waals surface area contributed by atoms with Gasteiger partial charge in [0.25, 0.3) is 0 Å². The molecule has 2 aliphatic heterocycles. The van der Waals surface area contributed by atoms with Crippen molar-refractivity contribution in [3.8, 4) is 17.2 Å². The summed E-state index contributed by atoms with van der Waals surface area (Å²) in [5, 5.41) is 17.7. The molecule has 2 aromatic rings. The van der Waals surface area contributed by atoms with E-state index in [-0.39, 0.29) is 18.0 Å². The molecule has 2 heterocycles. The average molecular weight is 405 g/mol. The zero-order chi connectivity index (χ0) is 19.0. The molecule has 0 amide bonds. The zero-order valence-corrected chi connectivity index (χ0v) is 16.8. The Morgan fingerprint density at radius 2 is 2.22 bits per heavy atom. The summed E-state index contributed by atoms with van der Waals surface area (Å²) in [4.78, 5) is 0. The highest BCUT2D eigenvalue weighted by atomic mass is 35.5. The Morgan fingerprint density at radius 3 is 3.00 bits per heavy atom. The van der Waals surface area contributed by atoms with Gasteiger partial charge in [-0.05, 0) is 36.3 Å². The molecular weight excluding hydrogens is 384 g/mol. The molecule has 4 rings (SSSR count). The standard InChI is InChI=1S/C20H21ClN2O3S/c1-25-18-5-3-4-13-16-11-15(14-10-12(21)6-7-17(14)24)22-23(16)19(8-9-27-2)26-20(13)18/h3-7,10,16,19,24H,8-9,11H2,1-2H3. The maximum absolute atomic E-state index is 10.3. The van der Waals surface area contributed by atoms with Crippen molar-refractivity contribution in [2.75, 3.05) is 19.1 Å². The summed E-state index contributed by atoms with van der Waals surface area (Å²) < 4.78 is 11.8. The lowest BCUT2D eigenvalue weighted by atomic mass is 9.95. The van der Waals surface area contributed by atoms with E-state index >= 15 is 0 Å². The Balaban J connectivity index is 1.75. The molecule has 0 bridgehead atoms. The van der Waals surface area contributed by atoms with Gasteiger partial charge in [0, 0.05) is 29.0 Å². The number of phenols is 1. The van der Waals surface area contributed by atoms with Crippen molar-refractivity contribution in [2.24, 2.45) is 5.10 Å². The lowest BCUT2D eigenvalue weighted by Gasteiger charge is -2.38. The third kappa shape index (κ3) is 3.32. The van der Waals surface area contributed by atoms with Crippen molar-refractivity contribution in [2.45, 2.75) is 25.1 Å². The minimum atomic E-state index is -0.176. The van der Waals surface area contributed by atoms with Crippen molar-refractivity contribution in [1.82, 2.24) is 5.01 Å². The van der Waals surface area contributed by atoms with Crippen LogP contribution in [0.1, 0.15) is 30.0 Å². The predicted molar refractivity (Wildman–Crippen MR) is 109 cm³/mol. The van der Waals surface area contributed by atoms with Crippen molar-refractivity contribution in [3.63, 3.8) is 0 Å². The molecule has 5 nitrogen and oxygen atoms in total. The van der Waals surface area contributed by atoms with Gasteiger partial charge in [0.2, 0.25) is 0 Å². The number of methoxy groups -OCH3 is 1. The molecule has 0 saturated carbocycles. The highest BCUT2D eigenvalue weighted by Crippen LogP contribution is 2.48. The fourth-order valence-electron chi connectivity index (χ4n) is 3.63. The van der Waals surface area contributed by atoms with Gasteiger partial charge in [-0.1, -0.05) is 23.7 Å². The topological polar surface area (TPSA) is 54.3 Å².